The van der Waals surface area contributed by atoms with Gasteiger partial charge >= 0.3 is 7.12 Å². The first kappa shape index (κ1) is 15.3. The third kappa shape index (κ3) is 2.21. The van der Waals surface area contributed by atoms with Gasteiger partial charge in [-0.1, -0.05) is 46.0 Å². The Labute approximate surface area is 120 Å². The van der Waals surface area contributed by atoms with E-state index in [2.05, 4.69) is 33.9 Å². The monoisotopic (exact) mass is 293 g/mol. The van der Waals surface area contributed by atoms with Gasteiger partial charge in [-0.3, -0.25) is 0 Å². The number of nitrogens with zero attached hydrogens (tertiary/aromatic N) is 1. The molecule has 0 aliphatic heterocycles. The van der Waals surface area contributed by atoms with Gasteiger partial charge in [0, 0.05) is 10.8 Å². The van der Waals surface area contributed by atoms with Crippen LogP contribution in [0.1, 0.15) is 20.8 Å². The maximum atomic E-state index is 14.6. The maximum absolute atomic E-state index is 14.6. The van der Waals surface area contributed by atoms with Crippen molar-refractivity contribution in [2.24, 2.45) is 0 Å². The molecule has 0 amide bonds. The molecule has 1 aromatic carbocycles. The molecule has 0 bridgehead atoms. The first-order valence-corrected chi connectivity index (χ1v) is 9.68. The van der Waals surface area contributed by atoms with Crippen molar-refractivity contribution >= 4 is 31.7 Å². The fraction of sp³-hybridized carbons (Fsp3) is 0.429. The predicted octanol–water partition coefficient (Wildman–Crippen LogP) is 2.31. The zero-order valence-electron chi connectivity index (χ0n) is 12.6. The highest BCUT2D eigenvalue weighted by Gasteiger charge is 2.39. The van der Waals surface area contributed by atoms with Crippen molar-refractivity contribution in [3.05, 3.63) is 30.2 Å². The van der Waals surface area contributed by atoms with Gasteiger partial charge in [-0.05, 0) is 17.3 Å². The van der Waals surface area contributed by atoms with E-state index in [1.807, 2.05) is 16.5 Å². The van der Waals surface area contributed by atoms with E-state index in [4.69, 9.17) is 0 Å². The van der Waals surface area contributed by atoms with Gasteiger partial charge in [-0.25, -0.2) is 4.39 Å². The first-order chi connectivity index (χ1) is 9.07. The Bertz CT molecular complexity index is 646. The van der Waals surface area contributed by atoms with E-state index in [-0.39, 0.29) is 10.5 Å². The van der Waals surface area contributed by atoms with Crippen LogP contribution in [0.5, 0.6) is 0 Å². The summed E-state index contributed by atoms with van der Waals surface area (Å²) in [5, 5.41) is 19.4. The van der Waals surface area contributed by atoms with Crippen molar-refractivity contribution in [2.45, 2.75) is 38.9 Å². The topological polar surface area (TPSA) is 45.4 Å². The van der Waals surface area contributed by atoms with Crippen LogP contribution in [0.3, 0.4) is 0 Å². The van der Waals surface area contributed by atoms with E-state index >= 15 is 0 Å². The molecular formula is C14H21BFNO2Si. The molecule has 2 aromatic rings. The van der Waals surface area contributed by atoms with E-state index in [9.17, 15) is 14.4 Å². The Morgan fingerprint density at radius 1 is 1.15 bits per heavy atom. The number of fused-ring (bicyclic) bond motifs is 1. The molecule has 1 heterocycles. The lowest BCUT2D eigenvalue weighted by Crippen LogP contribution is -2.45. The summed E-state index contributed by atoms with van der Waals surface area (Å²) >= 11 is 0. The molecule has 0 fully saturated rings. The predicted molar refractivity (Wildman–Crippen MR) is 84.3 cm³/mol. The molecule has 0 saturated carbocycles. The minimum Gasteiger partial charge on any atom is -0.423 e. The van der Waals surface area contributed by atoms with Crippen LogP contribution in [0, 0.1) is 5.82 Å². The third-order valence-electron chi connectivity index (χ3n) is 4.54. The Kier molecular flexibility index (Phi) is 3.61. The second kappa shape index (κ2) is 4.72. The fourth-order valence-electron chi connectivity index (χ4n) is 2.23. The van der Waals surface area contributed by atoms with Crippen molar-refractivity contribution in [1.82, 2.24) is 4.23 Å². The minimum absolute atomic E-state index is 0.0548. The first-order valence-electron chi connectivity index (χ1n) is 6.73. The van der Waals surface area contributed by atoms with Crippen LogP contribution < -0.4 is 5.46 Å². The van der Waals surface area contributed by atoms with Gasteiger partial charge < -0.3 is 14.3 Å². The molecule has 0 unspecified atom stereocenters. The third-order valence-corrected chi connectivity index (χ3v) is 9.79. The van der Waals surface area contributed by atoms with Crippen LogP contribution in [0.15, 0.2) is 24.4 Å². The second-order valence-electron chi connectivity index (χ2n) is 6.78. The van der Waals surface area contributed by atoms with Crippen LogP contribution in [0.25, 0.3) is 10.9 Å². The van der Waals surface area contributed by atoms with Crippen molar-refractivity contribution in [2.75, 3.05) is 0 Å². The molecule has 6 heteroatoms. The average molecular weight is 293 g/mol. The quantitative estimate of drug-likeness (QED) is 0.835. The number of halogens is 1. The zero-order valence-corrected chi connectivity index (χ0v) is 13.6. The molecular weight excluding hydrogens is 272 g/mol. The van der Waals surface area contributed by atoms with E-state index in [0.29, 0.717) is 5.52 Å². The summed E-state index contributed by atoms with van der Waals surface area (Å²) in [7, 11) is -3.76. The normalized spacial score (nSPS) is 13.0. The molecule has 0 spiro atoms. The summed E-state index contributed by atoms with van der Waals surface area (Å²) in [5.74, 6) is -0.535. The molecule has 3 nitrogen and oxygen atoms in total. The van der Waals surface area contributed by atoms with E-state index < -0.39 is 21.2 Å². The summed E-state index contributed by atoms with van der Waals surface area (Å²) in [5.41, 5.74) is 0.401. The molecule has 20 heavy (non-hydrogen) atoms. The molecule has 0 atom stereocenters. The Morgan fingerprint density at radius 2 is 1.75 bits per heavy atom. The van der Waals surface area contributed by atoms with E-state index in [1.54, 1.807) is 6.07 Å². The number of hydrogen-bond donors (Lipinski definition) is 2. The molecule has 108 valence electrons. The number of benzene rings is 1. The van der Waals surface area contributed by atoms with Gasteiger partial charge in [0.15, 0.2) is 8.24 Å². The van der Waals surface area contributed by atoms with E-state index in [0.717, 1.165) is 5.39 Å². The lowest BCUT2D eigenvalue weighted by Gasteiger charge is -2.38. The summed E-state index contributed by atoms with van der Waals surface area (Å²) in [4.78, 5) is 0. The van der Waals surface area contributed by atoms with Gasteiger partial charge in [0.1, 0.15) is 5.82 Å². The standard InChI is InChI=1S/C14H21BFNO2Si/c1-14(2,3)20(4,5)17-9-8-10-6-7-11(15(18)19)12(16)13(10)17/h6-9,18-19H,1-5H3. The molecule has 1 aromatic heterocycles. The van der Waals surface area contributed by atoms with Crippen molar-refractivity contribution < 1.29 is 14.4 Å². The largest absolute Gasteiger partial charge is 0.491 e. The molecule has 2 N–H and O–H groups in total. The highest BCUT2D eigenvalue weighted by molar-refractivity contribution is 6.79. The Balaban J connectivity index is 2.77. The van der Waals surface area contributed by atoms with Gasteiger partial charge in [0.05, 0.1) is 5.52 Å². The average Bonchev–Trinajstić information content (AvgIpc) is 2.72. The number of hydrogen-bond acceptors (Lipinski definition) is 2. The molecule has 0 radical (unpaired) electrons. The lowest BCUT2D eigenvalue weighted by molar-refractivity contribution is 0.423. The fourth-order valence-corrected chi connectivity index (χ4v) is 4.19. The van der Waals surface area contributed by atoms with Crippen molar-refractivity contribution in [3.63, 3.8) is 0 Å². The van der Waals surface area contributed by atoms with Crippen LogP contribution in [0.4, 0.5) is 4.39 Å². The maximum Gasteiger partial charge on any atom is 0.491 e. The summed E-state index contributed by atoms with van der Waals surface area (Å²) in [6, 6.07) is 5.04. The van der Waals surface area contributed by atoms with Crippen LogP contribution in [-0.2, 0) is 0 Å². The van der Waals surface area contributed by atoms with Crippen molar-refractivity contribution in [1.29, 1.82) is 0 Å². The van der Waals surface area contributed by atoms with Gasteiger partial charge in [-0.15, -0.1) is 0 Å². The van der Waals surface area contributed by atoms with E-state index in [1.165, 1.54) is 6.07 Å². The molecule has 0 aliphatic rings. The zero-order chi connectivity index (χ0) is 15.3. The SMILES string of the molecule is CC(C)(C)[Si](C)(C)n1ccc2ccc(B(O)O)c(F)c21. The van der Waals surface area contributed by atoms with Crippen LogP contribution in [-0.4, -0.2) is 29.6 Å². The Hall–Kier alpha value is -1.11. The van der Waals surface area contributed by atoms with Gasteiger partial charge in [0.2, 0.25) is 0 Å². The number of rotatable bonds is 2. The summed E-state index contributed by atoms with van der Waals surface area (Å²) in [6.07, 6.45) is 1.92. The van der Waals surface area contributed by atoms with Crippen molar-refractivity contribution in [3.8, 4) is 0 Å². The molecule has 0 aliphatic carbocycles. The Morgan fingerprint density at radius 3 is 2.25 bits per heavy atom. The number of aromatic nitrogens is 1. The van der Waals surface area contributed by atoms with Crippen LogP contribution in [0.2, 0.25) is 18.1 Å². The van der Waals surface area contributed by atoms with Gasteiger partial charge in [0.25, 0.3) is 0 Å². The highest BCUT2D eigenvalue weighted by atomic mass is 28.3. The highest BCUT2D eigenvalue weighted by Crippen LogP contribution is 2.39. The van der Waals surface area contributed by atoms with Crippen LogP contribution >= 0.6 is 0 Å². The minimum atomic E-state index is -1.97. The molecule has 0 saturated heterocycles. The van der Waals surface area contributed by atoms with Gasteiger partial charge in [-0.2, -0.15) is 0 Å². The summed E-state index contributed by atoms with van der Waals surface area (Å²) < 4.78 is 16.6. The smallest absolute Gasteiger partial charge is 0.423 e. The molecule has 2 rings (SSSR count). The lowest BCUT2D eigenvalue weighted by atomic mass is 9.79. The second-order valence-corrected chi connectivity index (χ2v) is 11.9. The summed E-state index contributed by atoms with van der Waals surface area (Å²) in [6.45, 7) is 10.9.